The quantitative estimate of drug-likeness (QED) is 0.574. The molecule has 0 radical (unpaired) electrons. The summed E-state index contributed by atoms with van der Waals surface area (Å²) in [5.74, 6) is -6.07. The molecular weight excluding hydrogens is 388 g/mol. The molecule has 3 aliphatic carbocycles. The van der Waals surface area contributed by atoms with E-state index in [0.717, 1.165) is 0 Å². The second kappa shape index (κ2) is 5.04. The molecule has 6 atom stereocenters. The number of hydrogen-bond acceptors (Lipinski definition) is 4. The Hall–Kier alpha value is -1.54. The van der Waals surface area contributed by atoms with Gasteiger partial charge >= 0.3 is 0 Å². The molecule has 26 heavy (non-hydrogen) atoms. The molecule has 0 saturated heterocycles. The minimum atomic E-state index is -1.12. The molecule has 0 spiro atoms. The Kier molecular flexibility index (Phi) is 3.22. The number of fused-ring (bicyclic) bond motifs is 6. The third-order valence-electron chi connectivity index (χ3n) is 6.42. The maximum absolute atomic E-state index is 14.1. The van der Waals surface area contributed by atoms with E-state index in [-0.39, 0.29) is 11.1 Å². The van der Waals surface area contributed by atoms with Crippen molar-refractivity contribution in [2.45, 2.75) is 25.7 Å². The lowest BCUT2D eigenvalue weighted by molar-refractivity contribution is 0.0548. The number of halogens is 4. The number of hydrogen-bond donors (Lipinski definition) is 0. The SMILES string of the molecule is CC1C2C(=O)c3c(sc(F)c3F)C2C(C)C2C(=O)c3c(sc(F)c3F)C12. The summed E-state index contributed by atoms with van der Waals surface area (Å²) >= 11 is 1.24. The smallest absolute Gasteiger partial charge is 0.213 e. The van der Waals surface area contributed by atoms with Crippen molar-refractivity contribution in [3.05, 3.63) is 42.8 Å². The number of rotatable bonds is 0. The molecule has 8 heteroatoms. The Morgan fingerprint density at radius 2 is 1.00 bits per heavy atom. The van der Waals surface area contributed by atoms with Crippen molar-refractivity contribution in [3.8, 4) is 0 Å². The van der Waals surface area contributed by atoms with Gasteiger partial charge in [0.15, 0.2) is 23.2 Å². The first-order valence-corrected chi connectivity index (χ1v) is 9.92. The minimum absolute atomic E-state index is 0.197. The average molecular weight is 400 g/mol. The molecule has 136 valence electrons. The van der Waals surface area contributed by atoms with Crippen LogP contribution in [0.25, 0.3) is 0 Å². The van der Waals surface area contributed by atoms with Crippen LogP contribution in [-0.4, -0.2) is 11.6 Å². The van der Waals surface area contributed by atoms with Gasteiger partial charge in [-0.05, 0) is 11.8 Å². The molecule has 2 nitrogen and oxygen atoms in total. The number of thiophene rings is 2. The summed E-state index contributed by atoms with van der Waals surface area (Å²) in [7, 11) is 0. The van der Waals surface area contributed by atoms with Gasteiger partial charge in [-0.2, -0.15) is 8.78 Å². The Morgan fingerprint density at radius 3 is 1.35 bits per heavy atom. The summed E-state index contributed by atoms with van der Waals surface area (Å²) in [6.07, 6.45) is 0. The molecule has 0 amide bonds. The topological polar surface area (TPSA) is 34.1 Å². The number of carbonyl (C=O) groups excluding carboxylic acids is 2. The molecule has 1 fully saturated rings. The molecule has 6 unspecified atom stereocenters. The third-order valence-corrected chi connectivity index (χ3v) is 8.53. The van der Waals surface area contributed by atoms with Gasteiger partial charge in [-0.1, -0.05) is 13.8 Å². The van der Waals surface area contributed by atoms with Gasteiger partial charge in [0.05, 0.1) is 11.1 Å². The van der Waals surface area contributed by atoms with Crippen molar-refractivity contribution < 1.29 is 27.2 Å². The van der Waals surface area contributed by atoms with Crippen molar-refractivity contribution in [2.75, 3.05) is 0 Å². The van der Waals surface area contributed by atoms with Crippen molar-refractivity contribution in [3.63, 3.8) is 0 Å². The lowest BCUT2D eigenvalue weighted by atomic mass is 9.59. The van der Waals surface area contributed by atoms with Crippen LogP contribution in [0.1, 0.15) is 56.2 Å². The summed E-state index contributed by atoms with van der Waals surface area (Å²) in [5.41, 5.74) is -0.394. The first kappa shape index (κ1) is 16.6. The maximum atomic E-state index is 14.1. The predicted octanol–water partition coefficient (Wildman–Crippen LogP) is 5.14. The third kappa shape index (κ3) is 1.68. The molecule has 2 heterocycles. The number of ketones is 2. The van der Waals surface area contributed by atoms with Gasteiger partial charge in [0.1, 0.15) is 0 Å². The Labute approximate surface area is 153 Å². The van der Waals surface area contributed by atoms with E-state index in [1.54, 1.807) is 13.8 Å². The van der Waals surface area contributed by atoms with E-state index in [0.29, 0.717) is 32.4 Å². The first-order chi connectivity index (χ1) is 12.3. The van der Waals surface area contributed by atoms with Crippen LogP contribution in [0.4, 0.5) is 17.6 Å². The lowest BCUT2D eigenvalue weighted by Gasteiger charge is -2.43. The number of Topliss-reactive ketones (excluding diaryl/α,β-unsaturated/α-hetero) is 2. The van der Waals surface area contributed by atoms with E-state index in [1.807, 2.05) is 0 Å². The Bertz CT molecular complexity index is 927. The fourth-order valence-corrected chi connectivity index (χ4v) is 7.77. The summed E-state index contributed by atoms with van der Waals surface area (Å²) in [6, 6.07) is 0. The fraction of sp³-hybridized carbons (Fsp3) is 0.444. The second-order valence-corrected chi connectivity index (χ2v) is 9.41. The van der Waals surface area contributed by atoms with E-state index in [4.69, 9.17) is 0 Å². The maximum Gasteiger partial charge on any atom is 0.213 e. The van der Waals surface area contributed by atoms with Gasteiger partial charge in [-0.25, -0.2) is 8.78 Å². The van der Waals surface area contributed by atoms with Crippen LogP contribution in [0.15, 0.2) is 0 Å². The normalized spacial score (nSPS) is 34.7. The second-order valence-electron chi connectivity index (χ2n) is 7.41. The van der Waals surface area contributed by atoms with Crippen molar-refractivity contribution in [2.24, 2.45) is 23.7 Å². The zero-order valence-corrected chi connectivity index (χ0v) is 15.2. The van der Waals surface area contributed by atoms with Crippen LogP contribution in [-0.2, 0) is 0 Å². The van der Waals surface area contributed by atoms with E-state index >= 15 is 0 Å². The van der Waals surface area contributed by atoms with Crippen LogP contribution >= 0.6 is 22.7 Å². The fourth-order valence-electron chi connectivity index (χ4n) is 5.42. The van der Waals surface area contributed by atoms with Crippen molar-refractivity contribution in [1.29, 1.82) is 0 Å². The van der Waals surface area contributed by atoms with Crippen LogP contribution < -0.4 is 0 Å². The van der Waals surface area contributed by atoms with Gasteiger partial charge in [0.25, 0.3) is 0 Å². The molecule has 1 saturated carbocycles. The molecule has 3 aliphatic rings. The highest BCUT2D eigenvalue weighted by Gasteiger charge is 2.62. The van der Waals surface area contributed by atoms with Gasteiger partial charge in [-0.15, -0.1) is 22.7 Å². The highest BCUT2D eigenvalue weighted by Crippen LogP contribution is 2.64. The Morgan fingerprint density at radius 1 is 0.654 bits per heavy atom. The summed E-state index contributed by atoms with van der Waals surface area (Å²) in [6.45, 7) is 3.53. The summed E-state index contributed by atoms with van der Waals surface area (Å²) < 4.78 is 55.7. The summed E-state index contributed by atoms with van der Waals surface area (Å²) in [5, 5.41) is -2.04. The van der Waals surface area contributed by atoms with Gasteiger partial charge in [0, 0.05) is 33.4 Å². The molecule has 2 aromatic heterocycles. The van der Waals surface area contributed by atoms with Gasteiger partial charge < -0.3 is 0 Å². The number of carbonyl (C=O) groups is 2. The van der Waals surface area contributed by atoms with Crippen LogP contribution in [0.2, 0.25) is 0 Å². The van der Waals surface area contributed by atoms with E-state index in [2.05, 4.69) is 0 Å². The highest BCUT2D eigenvalue weighted by atomic mass is 32.1. The van der Waals surface area contributed by atoms with Gasteiger partial charge in [0.2, 0.25) is 10.3 Å². The van der Waals surface area contributed by atoms with Gasteiger partial charge in [-0.3, -0.25) is 9.59 Å². The lowest BCUT2D eigenvalue weighted by Crippen LogP contribution is -2.42. The van der Waals surface area contributed by atoms with Crippen molar-refractivity contribution >= 4 is 34.2 Å². The van der Waals surface area contributed by atoms with E-state index in [9.17, 15) is 27.2 Å². The summed E-state index contributed by atoms with van der Waals surface area (Å²) in [4.78, 5) is 26.4. The van der Waals surface area contributed by atoms with Crippen LogP contribution in [0.5, 0.6) is 0 Å². The highest BCUT2D eigenvalue weighted by molar-refractivity contribution is 7.11. The Balaban J connectivity index is 1.69. The molecule has 5 rings (SSSR count). The van der Waals surface area contributed by atoms with Crippen LogP contribution in [0, 0.1) is 45.6 Å². The zero-order chi connectivity index (χ0) is 18.7. The van der Waals surface area contributed by atoms with E-state index in [1.165, 1.54) is 0 Å². The predicted molar refractivity (Wildman–Crippen MR) is 87.9 cm³/mol. The van der Waals surface area contributed by atoms with Crippen molar-refractivity contribution in [1.82, 2.24) is 0 Å². The zero-order valence-electron chi connectivity index (χ0n) is 13.6. The largest absolute Gasteiger partial charge is 0.294 e. The molecule has 0 aromatic carbocycles. The molecule has 2 aromatic rings. The first-order valence-electron chi connectivity index (χ1n) is 8.29. The monoisotopic (exact) mass is 400 g/mol. The molecule has 0 N–H and O–H groups in total. The average Bonchev–Trinajstić information content (AvgIpc) is 3.23. The minimum Gasteiger partial charge on any atom is -0.294 e. The van der Waals surface area contributed by atoms with E-state index < -0.39 is 69.0 Å². The van der Waals surface area contributed by atoms with Crippen LogP contribution in [0.3, 0.4) is 0 Å². The molecular formula is C18H12F4O2S2. The standard InChI is InChI=1S/C18H12F4O2S2/c1-3-5-8(16-9(13(5)23)11(19)18(22)26-16)4(2)6-7(3)15-10(14(6)24)12(20)17(21)25-15/h3-8H,1-2H3. The molecule has 0 aliphatic heterocycles. The molecule has 0 bridgehead atoms.